The van der Waals surface area contributed by atoms with Gasteiger partial charge in [0.2, 0.25) is 11.9 Å². The van der Waals surface area contributed by atoms with E-state index >= 15 is 0 Å². The molecule has 0 radical (unpaired) electrons. The van der Waals surface area contributed by atoms with Gasteiger partial charge in [0.25, 0.3) is 0 Å². The Bertz CT molecular complexity index is 569. The van der Waals surface area contributed by atoms with Crippen molar-refractivity contribution in [3.8, 4) is 0 Å². The number of fused-ring (bicyclic) bond motifs is 1. The molecule has 1 fully saturated rings. The molecule has 1 atom stereocenters. The number of amides is 1. The van der Waals surface area contributed by atoms with Crippen LogP contribution in [0, 0.1) is 0 Å². The molecule has 20 heavy (non-hydrogen) atoms. The van der Waals surface area contributed by atoms with Crippen molar-refractivity contribution in [3.63, 3.8) is 0 Å². The molecule has 3 rings (SSSR count). The highest BCUT2D eigenvalue weighted by atomic mass is 16.2. The summed E-state index contributed by atoms with van der Waals surface area (Å²) < 4.78 is 1.69. The first-order valence-electron chi connectivity index (χ1n) is 7.11. The Kier molecular flexibility index (Phi) is 3.54. The standard InChI is InChI=1S/C14H19N5O/c1-11(13(20)18-8-4-2-5-9-18)15-14-16-12-7-3-6-10-19(12)17-14/h3,6-7,10-11H,2,4-5,8-9H2,1H3,(H,15,17). The Morgan fingerprint density at radius 2 is 2.10 bits per heavy atom. The molecule has 1 aliphatic heterocycles. The molecule has 0 spiro atoms. The molecule has 0 aliphatic carbocycles. The number of nitrogens with zero attached hydrogens (tertiary/aromatic N) is 4. The number of carbonyl (C=O) groups is 1. The molecule has 6 heteroatoms. The van der Waals surface area contributed by atoms with Gasteiger partial charge in [-0.25, -0.2) is 4.52 Å². The average Bonchev–Trinajstić information content (AvgIpc) is 2.89. The van der Waals surface area contributed by atoms with E-state index in [0.29, 0.717) is 5.95 Å². The molecule has 0 saturated carbocycles. The third kappa shape index (κ3) is 2.59. The summed E-state index contributed by atoms with van der Waals surface area (Å²) in [7, 11) is 0. The first-order chi connectivity index (χ1) is 9.74. The fourth-order valence-corrected chi connectivity index (χ4v) is 2.54. The number of carbonyl (C=O) groups excluding carboxylic acids is 1. The van der Waals surface area contributed by atoms with Crippen molar-refractivity contribution < 1.29 is 4.79 Å². The van der Waals surface area contributed by atoms with Gasteiger partial charge in [0.15, 0.2) is 5.65 Å². The van der Waals surface area contributed by atoms with Crippen LogP contribution in [0.4, 0.5) is 5.95 Å². The Balaban J connectivity index is 1.68. The number of nitrogens with one attached hydrogen (secondary N) is 1. The molecular formula is C14H19N5O. The third-order valence-corrected chi connectivity index (χ3v) is 3.63. The van der Waals surface area contributed by atoms with Crippen LogP contribution in [-0.2, 0) is 4.79 Å². The van der Waals surface area contributed by atoms with E-state index in [4.69, 9.17) is 0 Å². The van der Waals surface area contributed by atoms with Crippen molar-refractivity contribution in [1.82, 2.24) is 19.5 Å². The van der Waals surface area contributed by atoms with Gasteiger partial charge in [-0.3, -0.25) is 4.79 Å². The molecule has 1 amide bonds. The molecule has 3 heterocycles. The average molecular weight is 273 g/mol. The topological polar surface area (TPSA) is 62.5 Å². The van der Waals surface area contributed by atoms with Gasteiger partial charge < -0.3 is 10.2 Å². The van der Waals surface area contributed by atoms with Crippen LogP contribution in [-0.4, -0.2) is 44.5 Å². The Labute approximate surface area is 117 Å². The predicted octanol–water partition coefficient (Wildman–Crippen LogP) is 1.54. The van der Waals surface area contributed by atoms with Gasteiger partial charge in [-0.15, -0.1) is 5.10 Å². The minimum absolute atomic E-state index is 0.128. The Hall–Kier alpha value is -2.11. The summed E-state index contributed by atoms with van der Waals surface area (Å²) >= 11 is 0. The van der Waals surface area contributed by atoms with Gasteiger partial charge in [0.05, 0.1) is 0 Å². The summed E-state index contributed by atoms with van der Waals surface area (Å²) in [6.07, 6.45) is 5.26. The number of piperidine rings is 1. The van der Waals surface area contributed by atoms with E-state index in [9.17, 15) is 4.79 Å². The van der Waals surface area contributed by atoms with Crippen LogP contribution < -0.4 is 5.32 Å². The first kappa shape index (κ1) is 12.9. The molecule has 106 valence electrons. The number of aromatic nitrogens is 3. The van der Waals surface area contributed by atoms with Gasteiger partial charge in [-0.1, -0.05) is 6.07 Å². The van der Waals surface area contributed by atoms with Gasteiger partial charge in [-0.2, -0.15) is 4.98 Å². The second-order valence-electron chi connectivity index (χ2n) is 5.19. The van der Waals surface area contributed by atoms with E-state index in [2.05, 4.69) is 15.4 Å². The lowest BCUT2D eigenvalue weighted by Crippen LogP contribution is -2.44. The highest BCUT2D eigenvalue weighted by Gasteiger charge is 2.22. The van der Waals surface area contributed by atoms with Crippen molar-refractivity contribution in [2.45, 2.75) is 32.2 Å². The lowest BCUT2D eigenvalue weighted by atomic mass is 10.1. The zero-order chi connectivity index (χ0) is 13.9. The quantitative estimate of drug-likeness (QED) is 0.921. The lowest BCUT2D eigenvalue weighted by molar-refractivity contribution is -0.132. The zero-order valence-electron chi connectivity index (χ0n) is 11.6. The molecule has 1 N–H and O–H groups in total. The molecule has 6 nitrogen and oxygen atoms in total. The SMILES string of the molecule is CC(Nc1nc2ccccn2n1)C(=O)N1CCCCC1. The lowest BCUT2D eigenvalue weighted by Gasteiger charge is -2.29. The number of anilines is 1. The van der Waals surface area contributed by atoms with Crippen LogP contribution in [0.5, 0.6) is 0 Å². The van der Waals surface area contributed by atoms with Crippen molar-refractivity contribution in [2.75, 3.05) is 18.4 Å². The molecule has 2 aromatic heterocycles. The van der Waals surface area contributed by atoms with E-state index in [1.165, 1.54) is 6.42 Å². The van der Waals surface area contributed by atoms with Crippen LogP contribution >= 0.6 is 0 Å². The minimum atomic E-state index is -0.300. The molecule has 0 aromatic carbocycles. The number of pyridine rings is 1. The fourth-order valence-electron chi connectivity index (χ4n) is 2.54. The number of likely N-dealkylation sites (tertiary alicyclic amines) is 1. The molecule has 1 aliphatic rings. The van der Waals surface area contributed by atoms with E-state index in [1.807, 2.05) is 36.2 Å². The van der Waals surface area contributed by atoms with Gasteiger partial charge in [0, 0.05) is 19.3 Å². The van der Waals surface area contributed by atoms with Crippen molar-refractivity contribution in [3.05, 3.63) is 24.4 Å². The summed E-state index contributed by atoms with van der Waals surface area (Å²) in [4.78, 5) is 18.6. The third-order valence-electron chi connectivity index (χ3n) is 3.63. The Morgan fingerprint density at radius 3 is 2.85 bits per heavy atom. The highest BCUT2D eigenvalue weighted by Crippen LogP contribution is 2.12. The summed E-state index contributed by atoms with van der Waals surface area (Å²) in [6, 6.07) is 5.39. The molecule has 0 bridgehead atoms. The number of hydrogen-bond donors (Lipinski definition) is 1. The summed E-state index contributed by atoms with van der Waals surface area (Å²) in [5, 5.41) is 7.40. The summed E-state index contributed by atoms with van der Waals surface area (Å²) in [5.74, 6) is 0.623. The van der Waals surface area contributed by atoms with E-state index in [0.717, 1.165) is 31.6 Å². The molecule has 1 saturated heterocycles. The van der Waals surface area contributed by atoms with Crippen LogP contribution in [0.2, 0.25) is 0 Å². The molecular weight excluding hydrogens is 254 g/mol. The second-order valence-corrected chi connectivity index (χ2v) is 5.19. The van der Waals surface area contributed by atoms with Crippen molar-refractivity contribution in [1.29, 1.82) is 0 Å². The van der Waals surface area contributed by atoms with E-state index in [-0.39, 0.29) is 11.9 Å². The summed E-state index contributed by atoms with van der Waals surface area (Å²) in [5.41, 5.74) is 0.771. The van der Waals surface area contributed by atoms with Crippen molar-refractivity contribution in [2.24, 2.45) is 0 Å². The smallest absolute Gasteiger partial charge is 0.244 e. The number of hydrogen-bond acceptors (Lipinski definition) is 4. The fraction of sp³-hybridized carbons (Fsp3) is 0.500. The number of rotatable bonds is 3. The normalized spacial score (nSPS) is 17.1. The Morgan fingerprint density at radius 1 is 1.30 bits per heavy atom. The maximum Gasteiger partial charge on any atom is 0.244 e. The maximum atomic E-state index is 12.3. The van der Waals surface area contributed by atoms with Gasteiger partial charge in [-0.05, 0) is 38.3 Å². The van der Waals surface area contributed by atoms with Crippen LogP contribution in [0.1, 0.15) is 26.2 Å². The zero-order valence-corrected chi connectivity index (χ0v) is 11.6. The van der Waals surface area contributed by atoms with Gasteiger partial charge in [0.1, 0.15) is 6.04 Å². The van der Waals surface area contributed by atoms with Gasteiger partial charge >= 0.3 is 0 Å². The van der Waals surface area contributed by atoms with E-state index in [1.54, 1.807) is 4.52 Å². The van der Waals surface area contributed by atoms with Crippen LogP contribution in [0.25, 0.3) is 5.65 Å². The first-order valence-corrected chi connectivity index (χ1v) is 7.11. The van der Waals surface area contributed by atoms with Crippen molar-refractivity contribution >= 4 is 17.5 Å². The highest BCUT2D eigenvalue weighted by molar-refractivity contribution is 5.83. The summed E-state index contributed by atoms with van der Waals surface area (Å²) in [6.45, 7) is 3.59. The largest absolute Gasteiger partial charge is 0.341 e. The maximum absolute atomic E-state index is 12.3. The minimum Gasteiger partial charge on any atom is -0.341 e. The molecule has 2 aromatic rings. The van der Waals surface area contributed by atoms with E-state index < -0.39 is 0 Å². The monoisotopic (exact) mass is 273 g/mol. The molecule has 1 unspecified atom stereocenters. The second kappa shape index (κ2) is 5.48. The van der Waals surface area contributed by atoms with Crippen LogP contribution in [0.15, 0.2) is 24.4 Å². The van der Waals surface area contributed by atoms with Crippen LogP contribution in [0.3, 0.4) is 0 Å². The predicted molar refractivity (Wildman–Crippen MR) is 76.5 cm³/mol.